The van der Waals surface area contributed by atoms with Crippen molar-refractivity contribution in [2.45, 2.75) is 64.4 Å². The molecule has 8 heteroatoms. The lowest BCUT2D eigenvalue weighted by molar-refractivity contribution is -0.153. The van der Waals surface area contributed by atoms with Gasteiger partial charge in [-0.15, -0.1) is 0 Å². The van der Waals surface area contributed by atoms with E-state index in [4.69, 9.17) is 8.92 Å². The summed E-state index contributed by atoms with van der Waals surface area (Å²) in [4.78, 5) is 24.2. The normalized spacial score (nSPS) is 39.2. The molecule has 1 heterocycles. The Bertz CT molecular complexity index is 670. The zero-order valence-corrected chi connectivity index (χ0v) is 16.0. The third kappa shape index (κ3) is 2.70. The number of carbonyl (C=O) groups excluding carboxylic acids is 2. The van der Waals surface area contributed by atoms with Crippen LogP contribution in [0.2, 0.25) is 0 Å². The van der Waals surface area contributed by atoms with Crippen molar-refractivity contribution in [1.82, 2.24) is 0 Å². The Labute approximate surface area is 147 Å². The molecule has 0 N–H and O–H groups in total. The molecule has 3 rings (SSSR count). The van der Waals surface area contributed by atoms with Gasteiger partial charge in [0.25, 0.3) is 10.1 Å². The average Bonchev–Trinajstić information content (AvgIpc) is 3.00. The minimum atomic E-state index is -3.56. The van der Waals surface area contributed by atoms with Crippen LogP contribution in [0.15, 0.2) is 0 Å². The summed E-state index contributed by atoms with van der Waals surface area (Å²) in [5, 5.41) is -0.516. The SMILES string of the molecule is CCC(C)(C)C(=O)SCC(=O)OC1C2CC3C(C)(C2)C1OS3(=O)=O. The van der Waals surface area contributed by atoms with E-state index < -0.39 is 44.4 Å². The molecular weight excluding hydrogens is 352 g/mol. The summed E-state index contributed by atoms with van der Waals surface area (Å²) in [6, 6.07) is 0. The van der Waals surface area contributed by atoms with E-state index in [1.165, 1.54) is 0 Å². The predicted octanol–water partition coefficient (Wildman–Crippen LogP) is 2.12. The summed E-state index contributed by atoms with van der Waals surface area (Å²) in [5.41, 5.74) is -0.928. The number of rotatable bonds is 5. The van der Waals surface area contributed by atoms with Crippen LogP contribution >= 0.6 is 11.8 Å². The van der Waals surface area contributed by atoms with Crippen molar-refractivity contribution in [2.75, 3.05) is 5.75 Å². The molecule has 0 radical (unpaired) electrons. The first-order valence-corrected chi connectivity index (χ1v) is 10.8. The zero-order chi connectivity index (χ0) is 17.9. The van der Waals surface area contributed by atoms with Crippen molar-refractivity contribution < 1.29 is 26.9 Å². The molecular formula is C16H24O6S2. The lowest BCUT2D eigenvalue weighted by atomic mass is 9.82. The first-order chi connectivity index (χ1) is 11.0. The topological polar surface area (TPSA) is 86.7 Å². The largest absolute Gasteiger partial charge is 0.459 e. The number of fused-ring (bicyclic) bond motifs is 1. The summed E-state index contributed by atoms with van der Waals surface area (Å²) in [7, 11) is -3.56. The third-order valence-corrected chi connectivity index (χ3v) is 9.08. The van der Waals surface area contributed by atoms with Crippen LogP contribution in [-0.2, 0) is 28.6 Å². The van der Waals surface area contributed by atoms with Gasteiger partial charge >= 0.3 is 5.97 Å². The Morgan fingerprint density at radius 1 is 1.38 bits per heavy atom. The van der Waals surface area contributed by atoms with Crippen molar-refractivity contribution in [3.8, 4) is 0 Å². The molecule has 2 saturated carbocycles. The van der Waals surface area contributed by atoms with Crippen LogP contribution in [-0.4, -0.2) is 42.7 Å². The van der Waals surface area contributed by atoms with E-state index in [0.717, 1.165) is 11.8 Å². The molecule has 0 aromatic heterocycles. The second kappa shape index (κ2) is 5.71. The second-order valence-corrected chi connectivity index (χ2v) is 10.7. The summed E-state index contributed by atoms with van der Waals surface area (Å²) < 4.78 is 34.9. The van der Waals surface area contributed by atoms with E-state index in [0.29, 0.717) is 19.3 Å². The van der Waals surface area contributed by atoms with Gasteiger partial charge in [0.1, 0.15) is 12.2 Å². The van der Waals surface area contributed by atoms with Gasteiger partial charge in [0, 0.05) is 16.7 Å². The van der Waals surface area contributed by atoms with Gasteiger partial charge in [0.15, 0.2) is 5.12 Å². The first-order valence-electron chi connectivity index (χ1n) is 8.30. The molecule has 2 bridgehead atoms. The molecule has 0 aromatic rings. The van der Waals surface area contributed by atoms with Crippen LogP contribution in [0.25, 0.3) is 0 Å². The van der Waals surface area contributed by atoms with Crippen LogP contribution in [0, 0.1) is 16.7 Å². The molecule has 136 valence electrons. The van der Waals surface area contributed by atoms with Crippen LogP contribution in [0.4, 0.5) is 0 Å². The monoisotopic (exact) mass is 376 g/mol. The number of carbonyl (C=O) groups is 2. The minimum absolute atomic E-state index is 0.0269. The molecule has 24 heavy (non-hydrogen) atoms. The third-order valence-electron chi connectivity index (χ3n) is 5.98. The Balaban J connectivity index is 1.60. The van der Waals surface area contributed by atoms with Crippen molar-refractivity contribution in [2.24, 2.45) is 16.7 Å². The predicted molar refractivity (Wildman–Crippen MR) is 89.8 cm³/mol. The fourth-order valence-electron chi connectivity index (χ4n) is 4.13. The zero-order valence-electron chi connectivity index (χ0n) is 14.4. The highest BCUT2D eigenvalue weighted by molar-refractivity contribution is 8.14. The summed E-state index contributed by atoms with van der Waals surface area (Å²) in [5.74, 6) is -0.504. The number of esters is 1. The smallest absolute Gasteiger partial charge is 0.316 e. The van der Waals surface area contributed by atoms with E-state index in [1.807, 2.05) is 27.7 Å². The van der Waals surface area contributed by atoms with Gasteiger partial charge in [-0.2, -0.15) is 8.42 Å². The highest BCUT2D eigenvalue weighted by atomic mass is 32.2. The fourth-order valence-corrected chi connectivity index (χ4v) is 7.11. The van der Waals surface area contributed by atoms with Crippen molar-refractivity contribution in [3.63, 3.8) is 0 Å². The maximum atomic E-state index is 12.1. The highest BCUT2D eigenvalue weighted by Crippen LogP contribution is 2.63. The van der Waals surface area contributed by atoms with Gasteiger partial charge in [-0.25, -0.2) is 0 Å². The van der Waals surface area contributed by atoms with E-state index in [-0.39, 0.29) is 16.8 Å². The average molecular weight is 376 g/mol. The summed E-state index contributed by atoms with van der Waals surface area (Å²) >= 11 is 0.965. The number of hydrogen-bond donors (Lipinski definition) is 0. The lowest BCUT2D eigenvalue weighted by Gasteiger charge is -2.30. The summed E-state index contributed by atoms with van der Waals surface area (Å²) in [6.45, 7) is 7.54. The van der Waals surface area contributed by atoms with Gasteiger partial charge in [-0.1, -0.05) is 39.5 Å². The lowest BCUT2D eigenvalue weighted by Crippen LogP contribution is -2.42. The van der Waals surface area contributed by atoms with E-state index in [1.54, 1.807) is 0 Å². The Kier molecular flexibility index (Phi) is 4.33. The van der Waals surface area contributed by atoms with E-state index >= 15 is 0 Å². The molecule has 0 amide bonds. The van der Waals surface area contributed by atoms with Crippen LogP contribution < -0.4 is 0 Å². The number of thioether (sulfide) groups is 1. The number of ether oxygens (including phenoxy) is 1. The quantitative estimate of drug-likeness (QED) is 0.536. The van der Waals surface area contributed by atoms with Crippen LogP contribution in [0.1, 0.15) is 47.0 Å². The van der Waals surface area contributed by atoms with Gasteiger partial charge < -0.3 is 4.74 Å². The molecule has 6 nitrogen and oxygen atoms in total. The van der Waals surface area contributed by atoms with E-state index in [9.17, 15) is 18.0 Å². The standard InChI is InChI=1S/C16H24O6S2/c1-5-15(2,3)14(18)23-8-11(17)21-12-9-6-10-16(4,7-9)13(12)22-24(10,19)20/h9-10,12-13H,5-8H2,1-4H3. The maximum Gasteiger partial charge on any atom is 0.316 e. The van der Waals surface area contributed by atoms with Gasteiger partial charge in [-0.05, 0) is 19.3 Å². The molecule has 5 atom stereocenters. The van der Waals surface area contributed by atoms with Gasteiger partial charge in [-0.3, -0.25) is 13.8 Å². The fraction of sp³-hybridized carbons (Fsp3) is 0.875. The summed E-state index contributed by atoms with van der Waals surface area (Å²) in [6.07, 6.45) is 0.789. The molecule has 3 fully saturated rings. The van der Waals surface area contributed by atoms with Crippen LogP contribution in [0.3, 0.4) is 0 Å². The van der Waals surface area contributed by atoms with Gasteiger partial charge in [0.2, 0.25) is 0 Å². The van der Waals surface area contributed by atoms with Crippen molar-refractivity contribution in [3.05, 3.63) is 0 Å². The van der Waals surface area contributed by atoms with Gasteiger partial charge in [0.05, 0.1) is 11.0 Å². The van der Waals surface area contributed by atoms with Crippen molar-refractivity contribution >= 4 is 33.0 Å². The molecule has 0 spiro atoms. The van der Waals surface area contributed by atoms with Crippen molar-refractivity contribution in [1.29, 1.82) is 0 Å². The number of hydrogen-bond acceptors (Lipinski definition) is 7. The molecule has 1 aliphatic heterocycles. The molecule has 0 aromatic carbocycles. The first kappa shape index (κ1) is 18.2. The molecule has 5 unspecified atom stereocenters. The molecule has 2 aliphatic carbocycles. The van der Waals surface area contributed by atoms with E-state index in [2.05, 4.69) is 0 Å². The van der Waals surface area contributed by atoms with Crippen LogP contribution in [0.5, 0.6) is 0 Å². The molecule has 1 saturated heterocycles. The Hall–Kier alpha value is -0.600. The molecule has 3 aliphatic rings. The highest BCUT2D eigenvalue weighted by Gasteiger charge is 2.72. The second-order valence-electron chi connectivity index (χ2n) is 7.97. The maximum absolute atomic E-state index is 12.1. The Morgan fingerprint density at radius 3 is 2.67 bits per heavy atom. The Morgan fingerprint density at radius 2 is 2.04 bits per heavy atom. The minimum Gasteiger partial charge on any atom is -0.459 e.